The summed E-state index contributed by atoms with van der Waals surface area (Å²) < 4.78 is 7.14. The predicted octanol–water partition coefficient (Wildman–Crippen LogP) is 2.77. The Morgan fingerprint density at radius 3 is 2.67 bits per heavy atom. The lowest BCUT2D eigenvalue weighted by atomic mass is 10.00. The largest absolute Gasteiger partial charge is 0.479 e. The Morgan fingerprint density at radius 1 is 1.23 bits per heavy atom. The molecule has 7 nitrogen and oxygen atoms in total. The summed E-state index contributed by atoms with van der Waals surface area (Å²) in [5, 5.41) is 8.33. The van der Waals surface area contributed by atoms with Gasteiger partial charge in [-0.25, -0.2) is 9.67 Å². The molecule has 0 atom stereocenters. The highest BCUT2D eigenvalue weighted by Crippen LogP contribution is 2.30. The van der Waals surface area contributed by atoms with Gasteiger partial charge in [-0.1, -0.05) is 30.3 Å². The fourth-order valence-corrected chi connectivity index (χ4v) is 3.79. The molecule has 0 spiro atoms. The van der Waals surface area contributed by atoms with Gasteiger partial charge in [0, 0.05) is 38.8 Å². The molecule has 0 unspecified atom stereocenters. The second kappa shape index (κ2) is 9.71. The quantitative estimate of drug-likeness (QED) is 0.588. The van der Waals surface area contributed by atoms with E-state index in [-0.39, 0.29) is 5.91 Å². The number of hydrogen-bond acceptors (Lipinski definition) is 5. The van der Waals surface area contributed by atoms with Crippen molar-refractivity contribution in [1.82, 2.24) is 25.0 Å². The highest BCUT2D eigenvalue weighted by molar-refractivity contribution is 5.86. The molecule has 1 amide bonds. The zero-order valence-electron chi connectivity index (χ0n) is 18.5. The Hall–Kier alpha value is -2.93. The number of amides is 1. The molecule has 2 aromatic heterocycles. The minimum Gasteiger partial charge on any atom is -0.479 e. The lowest BCUT2D eigenvalue weighted by Gasteiger charge is -2.17. The van der Waals surface area contributed by atoms with Crippen LogP contribution in [0.4, 0.5) is 0 Å². The van der Waals surface area contributed by atoms with Crippen molar-refractivity contribution in [2.75, 3.05) is 27.2 Å². The average molecular weight is 410 g/mol. The maximum Gasteiger partial charge on any atom is 0.242 e. The van der Waals surface area contributed by atoms with Gasteiger partial charge in [0.05, 0.1) is 12.5 Å². The third kappa shape index (κ3) is 4.97. The molecule has 160 valence electrons. The number of hydrogen-bond donors (Lipinski definition) is 1. The molecule has 3 rings (SSSR count). The summed E-state index contributed by atoms with van der Waals surface area (Å²) in [7, 11) is 5.54. The summed E-state index contributed by atoms with van der Waals surface area (Å²) in [6.07, 6.45) is 1.07. The van der Waals surface area contributed by atoms with E-state index in [1.54, 1.807) is 11.8 Å². The van der Waals surface area contributed by atoms with Gasteiger partial charge in [0.1, 0.15) is 0 Å². The monoisotopic (exact) mass is 409 g/mol. The fourth-order valence-electron chi connectivity index (χ4n) is 3.79. The molecule has 3 aromatic rings. The highest BCUT2D eigenvalue weighted by Gasteiger charge is 2.18. The molecule has 0 aliphatic rings. The first kappa shape index (κ1) is 21.8. The fraction of sp³-hybridized carbons (Fsp3) is 0.435. The van der Waals surface area contributed by atoms with Gasteiger partial charge in [0.15, 0.2) is 5.65 Å². The van der Waals surface area contributed by atoms with Crippen LogP contribution < -0.4 is 10.1 Å². The number of carbonyl (C=O) groups excluding carboxylic acids is 1. The number of fused-ring (bicyclic) bond motifs is 1. The highest BCUT2D eigenvalue weighted by atomic mass is 16.5. The normalized spacial score (nSPS) is 11.3. The third-order valence-corrected chi connectivity index (χ3v) is 5.43. The van der Waals surface area contributed by atoms with Crippen LogP contribution in [0.15, 0.2) is 30.3 Å². The first-order valence-electron chi connectivity index (χ1n) is 10.3. The van der Waals surface area contributed by atoms with Crippen LogP contribution in [-0.4, -0.2) is 52.8 Å². The first-order chi connectivity index (χ1) is 14.4. The van der Waals surface area contributed by atoms with E-state index < -0.39 is 0 Å². The van der Waals surface area contributed by atoms with Crippen LogP contribution in [0.3, 0.4) is 0 Å². The number of aryl methyl sites for hydroxylation is 3. The number of methoxy groups -OCH3 is 1. The second-order valence-electron chi connectivity index (χ2n) is 7.71. The van der Waals surface area contributed by atoms with Gasteiger partial charge in [-0.3, -0.25) is 4.79 Å². The van der Waals surface area contributed by atoms with Crippen molar-refractivity contribution in [3.05, 3.63) is 52.7 Å². The number of ether oxygens (including phenoxy) is 1. The van der Waals surface area contributed by atoms with E-state index in [1.807, 2.05) is 39.1 Å². The van der Waals surface area contributed by atoms with Crippen molar-refractivity contribution in [3.63, 3.8) is 0 Å². The molecule has 0 fully saturated rings. The van der Waals surface area contributed by atoms with Gasteiger partial charge in [-0.05, 0) is 44.0 Å². The minimum atomic E-state index is 0.0557. The number of carbonyl (C=O) groups is 1. The van der Waals surface area contributed by atoms with Gasteiger partial charge in [0.25, 0.3) is 0 Å². The number of rotatable bonds is 9. The number of likely N-dealkylation sites (N-methyl/N-ethyl adjacent to an activating group) is 1. The molecular formula is C23H31N5O2. The Labute approximate surface area is 178 Å². The Bertz CT molecular complexity index is 1010. The molecule has 0 bridgehead atoms. The van der Waals surface area contributed by atoms with Crippen LogP contribution in [0, 0.1) is 13.8 Å². The number of pyridine rings is 1. The minimum absolute atomic E-state index is 0.0557. The van der Waals surface area contributed by atoms with E-state index in [2.05, 4.69) is 39.5 Å². The van der Waals surface area contributed by atoms with Crippen molar-refractivity contribution in [3.8, 4) is 5.88 Å². The van der Waals surface area contributed by atoms with Gasteiger partial charge in [0.2, 0.25) is 11.8 Å². The van der Waals surface area contributed by atoms with E-state index >= 15 is 0 Å². The summed E-state index contributed by atoms with van der Waals surface area (Å²) in [6.45, 7) is 6.34. The van der Waals surface area contributed by atoms with Crippen molar-refractivity contribution in [2.24, 2.45) is 7.05 Å². The summed E-state index contributed by atoms with van der Waals surface area (Å²) in [6, 6.07) is 10.3. The second-order valence-corrected chi connectivity index (χ2v) is 7.71. The Balaban J connectivity index is 1.54. The number of aromatic nitrogens is 3. The van der Waals surface area contributed by atoms with Crippen LogP contribution in [0.5, 0.6) is 5.88 Å². The van der Waals surface area contributed by atoms with Crippen molar-refractivity contribution in [1.29, 1.82) is 0 Å². The van der Waals surface area contributed by atoms with E-state index in [1.165, 1.54) is 5.56 Å². The standard InChI is InChI=1S/C23H31N5O2/c1-16-19(17(2)25-22-21(16)23(30-5)26-28(22)4)11-12-20(29)24-13-14-27(3)15-18-9-7-6-8-10-18/h6-10H,11-15H2,1-5H3,(H,24,29). The van der Waals surface area contributed by atoms with E-state index in [9.17, 15) is 4.79 Å². The summed E-state index contributed by atoms with van der Waals surface area (Å²) >= 11 is 0. The zero-order chi connectivity index (χ0) is 21.7. The van der Waals surface area contributed by atoms with E-state index in [0.29, 0.717) is 25.3 Å². The van der Waals surface area contributed by atoms with Crippen molar-refractivity contribution in [2.45, 2.75) is 33.2 Å². The average Bonchev–Trinajstić information content (AvgIpc) is 3.04. The molecule has 30 heavy (non-hydrogen) atoms. The topological polar surface area (TPSA) is 72.3 Å². The molecule has 0 saturated carbocycles. The molecule has 2 heterocycles. The van der Waals surface area contributed by atoms with Gasteiger partial charge in [-0.2, -0.15) is 0 Å². The molecule has 0 aliphatic carbocycles. The molecule has 7 heteroatoms. The summed E-state index contributed by atoms with van der Waals surface area (Å²) in [5.74, 6) is 0.629. The Morgan fingerprint density at radius 2 is 1.97 bits per heavy atom. The maximum atomic E-state index is 12.4. The molecule has 0 saturated heterocycles. The van der Waals surface area contributed by atoms with Crippen LogP contribution in [0.25, 0.3) is 11.0 Å². The Kier molecular flexibility index (Phi) is 7.05. The van der Waals surface area contributed by atoms with Gasteiger partial charge >= 0.3 is 0 Å². The maximum absolute atomic E-state index is 12.4. The molecule has 0 radical (unpaired) electrons. The van der Waals surface area contributed by atoms with Crippen LogP contribution in [0.1, 0.15) is 28.8 Å². The van der Waals surface area contributed by atoms with Crippen LogP contribution in [0.2, 0.25) is 0 Å². The number of nitrogens with zero attached hydrogens (tertiary/aromatic N) is 4. The number of nitrogens with one attached hydrogen (secondary N) is 1. The molecule has 1 N–H and O–H groups in total. The smallest absolute Gasteiger partial charge is 0.242 e. The number of benzene rings is 1. The predicted molar refractivity (Wildman–Crippen MR) is 119 cm³/mol. The van der Waals surface area contributed by atoms with Gasteiger partial charge in [-0.15, -0.1) is 5.10 Å². The summed E-state index contributed by atoms with van der Waals surface area (Å²) in [5.41, 5.74) is 5.17. The van der Waals surface area contributed by atoms with E-state index in [0.717, 1.165) is 40.9 Å². The molecule has 0 aliphatic heterocycles. The molecule has 1 aromatic carbocycles. The van der Waals surface area contributed by atoms with Crippen molar-refractivity contribution < 1.29 is 9.53 Å². The van der Waals surface area contributed by atoms with Crippen LogP contribution in [-0.2, 0) is 24.8 Å². The summed E-state index contributed by atoms with van der Waals surface area (Å²) in [4.78, 5) is 19.3. The van der Waals surface area contributed by atoms with Crippen molar-refractivity contribution >= 4 is 16.9 Å². The lowest BCUT2D eigenvalue weighted by Crippen LogP contribution is -2.32. The first-order valence-corrected chi connectivity index (χ1v) is 10.3. The van der Waals surface area contributed by atoms with Crippen LogP contribution >= 0.6 is 0 Å². The van der Waals surface area contributed by atoms with Gasteiger partial charge < -0.3 is 15.0 Å². The SMILES string of the molecule is COc1nn(C)c2nc(C)c(CCC(=O)NCCN(C)Cc3ccccc3)c(C)c12. The molecular weight excluding hydrogens is 378 g/mol. The zero-order valence-corrected chi connectivity index (χ0v) is 18.5. The lowest BCUT2D eigenvalue weighted by molar-refractivity contribution is -0.121. The third-order valence-electron chi connectivity index (χ3n) is 5.43. The van der Waals surface area contributed by atoms with E-state index in [4.69, 9.17) is 4.74 Å².